The van der Waals surface area contributed by atoms with E-state index in [-0.39, 0.29) is 5.65 Å². The van der Waals surface area contributed by atoms with Crippen LogP contribution in [0.3, 0.4) is 0 Å². The van der Waals surface area contributed by atoms with Crippen LogP contribution in [0, 0.1) is 0 Å². The van der Waals surface area contributed by atoms with E-state index in [4.69, 9.17) is 4.74 Å². The van der Waals surface area contributed by atoms with Gasteiger partial charge in [0.25, 0.3) is 5.82 Å². The zero-order valence-corrected chi connectivity index (χ0v) is 18.8. The Kier molecular flexibility index (Phi) is 6.99. The number of hydrogen-bond donors (Lipinski definition) is 0. The summed E-state index contributed by atoms with van der Waals surface area (Å²) >= 11 is 0. The van der Waals surface area contributed by atoms with E-state index in [1.807, 2.05) is 31.1 Å². The predicted molar refractivity (Wildman–Crippen MR) is 118 cm³/mol. The van der Waals surface area contributed by atoms with Gasteiger partial charge in [0.1, 0.15) is 11.6 Å². The van der Waals surface area contributed by atoms with Crippen molar-refractivity contribution >= 4 is 11.5 Å². The standard InChI is InChI=1S/C22H28F3N7O/c1-29(2)10-3-15-33-18-6-4-17(5-7-18)16-30-11-13-31(14-12-30)20-9-8-19-26-27-21(22(23,24)25)32(19)28-20/h4-9H,3,10-16H2,1-2H3. The Morgan fingerprint density at radius 3 is 2.36 bits per heavy atom. The molecule has 0 spiro atoms. The van der Waals surface area contributed by atoms with Crippen LogP contribution >= 0.6 is 0 Å². The Balaban J connectivity index is 1.29. The Hall–Kier alpha value is -2.92. The fourth-order valence-electron chi connectivity index (χ4n) is 3.78. The van der Waals surface area contributed by atoms with E-state index < -0.39 is 12.0 Å². The van der Waals surface area contributed by atoms with Crippen LogP contribution in [0.4, 0.5) is 19.0 Å². The van der Waals surface area contributed by atoms with Gasteiger partial charge in [0, 0.05) is 39.3 Å². The topological polar surface area (TPSA) is 62.0 Å². The minimum atomic E-state index is -4.60. The summed E-state index contributed by atoms with van der Waals surface area (Å²) in [6.45, 7) is 5.43. The average Bonchev–Trinajstić information content (AvgIpc) is 3.22. The van der Waals surface area contributed by atoms with Crippen molar-refractivity contribution < 1.29 is 17.9 Å². The maximum atomic E-state index is 13.1. The largest absolute Gasteiger partial charge is 0.494 e. The number of halogens is 3. The van der Waals surface area contributed by atoms with Gasteiger partial charge in [-0.05, 0) is 50.3 Å². The average molecular weight is 464 g/mol. The number of ether oxygens (including phenoxy) is 1. The smallest absolute Gasteiger partial charge is 0.453 e. The lowest BCUT2D eigenvalue weighted by Crippen LogP contribution is -2.46. The van der Waals surface area contributed by atoms with Crippen molar-refractivity contribution in [1.82, 2.24) is 29.6 Å². The van der Waals surface area contributed by atoms with Gasteiger partial charge in [0.15, 0.2) is 5.65 Å². The number of anilines is 1. The fraction of sp³-hybridized carbons (Fsp3) is 0.500. The van der Waals surface area contributed by atoms with Gasteiger partial charge >= 0.3 is 6.18 Å². The number of alkyl halides is 3. The van der Waals surface area contributed by atoms with Crippen molar-refractivity contribution in [2.45, 2.75) is 19.1 Å². The summed E-state index contributed by atoms with van der Waals surface area (Å²) < 4.78 is 45.9. The molecule has 0 bridgehead atoms. The zero-order valence-electron chi connectivity index (χ0n) is 18.8. The molecule has 0 unspecified atom stereocenters. The molecule has 11 heteroatoms. The predicted octanol–water partition coefficient (Wildman–Crippen LogP) is 2.80. The summed E-state index contributed by atoms with van der Waals surface area (Å²) in [7, 11) is 4.09. The first-order valence-electron chi connectivity index (χ1n) is 10.9. The number of fused-ring (bicyclic) bond motifs is 1. The van der Waals surface area contributed by atoms with Crippen molar-refractivity contribution in [3.63, 3.8) is 0 Å². The molecular weight excluding hydrogens is 435 g/mol. The molecule has 1 fully saturated rings. The Morgan fingerprint density at radius 2 is 1.70 bits per heavy atom. The van der Waals surface area contributed by atoms with E-state index in [0.29, 0.717) is 25.5 Å². The molecule has 3 aromatic rings. The first-order chi connectivity index (χ1) is 15.8. The van der Waals surface area contributed by atoms with Crippen molar-refractivity contribution in [1.29, 1.82) is 0 Å². The molecule has 2 aromatic heterocycles. The summed E-state index contributed by atoms with van der Waals surface area (Å²) in [5, 5.41) is 10.9. The summed E-state index contributed by atoms with van der Waals surface area (Å²) in [5.74, 6) is 0.252. The number of hydrogen-bond acceptors (Lipinski definition) is 7. The second-order valence-electron chi connectivity index (χ2n) is 8.40. The van der Waals surface area contributed by atoms with E-state index >= 15 is 0 Å². The molecule has 0 N–H and O–H groups in total. The minimum absolute atomic E-state index is 0.0786. The first-order valence-corrected chi connectivity index (χ1v) is 10.9. The first kappa shape index (κ1) is 23.2. The van der Waals surface area contributed by atoms with E-state index in [9.17, 15) is 13.2 Å². The van der Waals surface area contributed by atoms with Gasteiger partial charge in [0.05, 0.1) is 6.61 Å². The monoisotopic (exact) mass is 463 g/mol. The maximum absolute atomic E-state index is 13.1. The van der Waals surface area contributed by atoms with Crippen LogP contribution in [0.15, 0.2) is 36.4 Å². The van der Waals surface area contributed by atoms with Crippen LogP contribution in [0.5, 0.6) is 5.75 Å². The summed E-state index contributed by atoms with van der Waals surface area (Å²) in [4.78, 5) is 6.44. The fourth-order valence-corrected chi connectivity index (χ4v) is 3.78. The van der Waals surface area contributed by atoms with Gasteiger partial charge in [0.2, 0.25) is 0 Å². The molecule has 3 heterocycles. The molecule has 0 amide bonds. The molecular formula is C22H28F3N7O. The number of piperazine rings is 1. The lowest BCUT2D eigenvalue weighted by atomic mass is 10.2. The lowest BCUT2D eigenvalue weighted by molar-refractivity contribution is -0.146. The van der Waals surface area contributed by atoms with Crippen LogP contribution < -0.4 is 9.64 Å². The van der Waals surface area contributed by atoms with Gasteiger partial charge in [-0.2, -0.15) is 17.7 Å². The van der Waals surface area contributed by atoms with Gasteiger partial charge in [-0.3, -0.25) is 4.90 Å². The Labute approximate surface area is 190 Å². The van der Waals surface area contributed by atoms with Crippen molar-refractivity contribution in [2.75, 3.05) is 58.3 Å². The van der Waals surface area contributed by atoms with Gasteiger partial charge < -0.3 is 14.5 Å². The highest BCUT2D eigenvalue weighted by Gasteiger charge is 2.37. The van der Waals surface area contributed by atoms with Crippen LogP contribution in [0.25, 0.3) is 5.65 Å². The van der Waals surface area contributed by atoms with Crippen LogP contribution in [0.2, 0.25) is 0 Å². The Bertz CT molecular complexity index is 1040. The van der Waals surface area contributed by atoms with E-state index in [1.165, 1.54) is 11.6 Å². The normalized spacial score (nSPS) is 15.5. The van der Waals surface area contributed by atoms with Crippen LogP contribution in [-0.4, -0.2) is 83.0 Å². The van der Waals surface area contributed by atoms with Crippen LogP contribution in [0.1, 0.15) is 17.8 Å². The Morgan fingerprint density at radius 1 is 0.970 bits per heavy atom. The second kappa shape index (κ2) is 9.92. The van der Waals surface area contributed by atoms with Gasteiger partial charge in [-0.25, -0.2) is 0 Å². The lowest BCUT2D eigenvalue weighted by Gasteiger charge is -2.35. The minimum Gasteiger partial charge on any atom is -0.494 e. The molecule has 0 aliphatic carbocycles. The quantitative estimate of drug-likeness (QED) is 0.476. The van der Waals surface area contributed by atoms with Crippen LogP contribution in [-0.2, 0) is 12.7 Å². The maximum Gasteiger partial charge on any atom is 0.453 e. The molecule has 0 radical (unpaired) electrons. The molecule has 1 aliphatic heterocycles. The second-order valence-corrected chi connectivity index (χ2v) is 8.40. The number of aromatic nitrogens is 4. The molecule has 0 atom stereocenters. The van der Waals surface area contributed by atoms with Crippen molar-refractivity contribution in [2.24, 2.45) is 0 Å². The van der Waals surface area contributed by atoms with Crippen molar-refractivity contribution in [3.05, 3.63) is 47.8 Å². The van der Waals surface area contributed by atoms with Gasteiger partial charge in [-0.15, -0.1) is 15.3 Å². The molecule has 1 aliphatic rings. The van der Waals surface area contributed by atoms with E-state index in [1.54, 1.807) is 6.07 Å². The molecule has 1 aromatic carbocycles. The third kappa shape index (κ3) is 5.91. The molecule has 178 valence electrons. The van der Waals surface area contributed by atoms with E-state index in [0.717, 1.165) is 42.9 Å². The molecule has 4 rings (SSSR count). The molecule has 33 heavy (non-hydrogen) atoms. The molecule has 0 saturated carbocycles. The van der Waals surface area contributed by atoms with E-state index in [2.05, 4.69) is 37.2 Å². The SMILES string of the molecule is CN(C)CCCOc1ccc(CN2CCN(c3ccc4nnc(C(F)(F)F)n4n3)CC2)cc1. The highest BCUT2D eigenvalue weighted by atomic mass is 19.4. The summed E-state index contributed by atoms with van der Waals surface area (Å²) in [5.41, 5.74) is 1.28. The highest BCUT2D eigenvalue weighted by Crippen LogP contribution is 2.28. The highest BCUT2D eigenvalue weighted by molar-refractivity contribution is 5.46. The molecule has 1 saturated heterocycles. The number of benzene rings is 1. The summed E-state index contributed by atoms with van der Waals surface area (Å²) in [6.07, 6.45) is -3.62. The third-order valence-electron chi connectivity index (χ3n) is 5.55. The number of nitrogens with zero attached hydrogens (tertiary/aromatic N) is 7. The molecule has 8 nitrogen and oxygen atoms in total. The number of rotatable bonds is 8. The third-order valence-corrected chi connectivity index (χ3v) is 5.55. The zero-order chi connectivity index (χ0) is 23.4. The van der Waals surface area contributed by atoms with Crippen molar-refractivity contribution in [3.8, 4) is 5.75 Å². The summed E-state index contributed by atoms with van der Waals surface area (Å²) in [6, 6.07) is 11.4. The van der Waals surface area contributed by atoms with Gasteiger partial charge in [-0.1, -0.05) is 12.1 Å².